The van der Waals surface area contributed by atoms with Crippen molar-refractivity contribution in [2.75, 3.05) is 0 Å². The SMILES string of the molecule is CCc1ccc(-c2cccs2)c(C=O)c1O. The molecule has 82 valence electrons. The van der Waals surface area contributed by atoms with E-state index in [0.717, 1.165) is 28.7 Å². The standard InChI is InChI=1S/C13H12O2S/c1-2-9-5-6-10(11(8-14)13(9)15)12-4-3-7-16-12/h3-8,15H,2H2,1H3. The fourth-order valence-corrected chi connectivity index (χ4v) is 2.47. The number of phenolic OH excluding ortho intramolecular Hbond substituents is 1. The number of aldehydes is 1. The van der Waals surface area contributed by atoms with Gasteiger partial charge in [-0.2, -0.15) is 0 Å². The summed E-state index contributed by atoms with van der Waals surface area (Å²) in [4.78, 5) is 12.1. The number of thiophene rings is 1. The highest BCUT2D eigenvalue weighted by Crippen LogP contribution is 2.34. The third-order valence-electron chi connectivity index (χ3n) is 2.59. The molecule has 1 N–H and O–H groups in total. The Morgan fingerprint density at radius 2 is 2.19 bits per heavy atom. The molecule has 0 atom stereocenters. The zero-order chi connectivity index (χ0) is 11.5. The van der Waals surface area contributed by atoms with E-state index in [9.17, 15) is 9.90 Å². The Labute approximate surface area is 98.2 Å². The van der Waals surface area contributed by atoms with Crippen LogP contribution in [0.4, 0.5) is 0 Å². The van der Waals surface area contributed by atoms with E-state index in [1.54, 1.807) is 11.3 Å². The van der Waals surface area contributed by atoms with E-state index in [2.05, 4.69) is 0 Å². The molecule has 0 fully saturated rings. The van der Waals surface area contributed by atoms with Gasteiger partial charge in [0, 0.05) is 10.4 Å². The smallest absolute Gasteiger partial charge is 0.154 e. The van der Waals surface area contributed by atoms with Crippen molar-refractivity contribution in [2.45, 2.75) is 13.3 Å². The van der Waals surface area contributed by atoms with Crippen LogP contribution in [0.2, 0.25) is 0 Å². The van der Waals surface area contributed by atoms with E-state index >= 15 is 0 Å². The summed E-state index contributed by atoms with van der Waals surface area (Å²) in [5, 5.41) is 11.9. The van der Waals surface area contributed by atoms with Gasteiger partial charge in [-0.1, -0.05) is 25.1 Å². The molecule has 0 bridgehead atoms. The summed E-state index contributed by atoms with van der Waals surface area (Å²) in [6.07, 6.45) is 1.45. The molecular formula is C13H12O2S. The molecule has 0 radical (unpaired) electrons. The van der Waals surface area contributed by atoms with E-state index in [1.165, 1.54) is 0 Å². The first-order chi connectivity index (χ1) is 7.77. The van der Waals surface area contributed by atoms with Gasteiger partial charge in [-0.05, 0) is 23.4 Å². The number of hydrogen-bond donors (Lipinski definition) is 1. The summed E-state index contributed by atoms with van der Waals surface area (Å²) in [6, 6.07) is 7.64. The van der Waals surface area contributed by atoms with Gasteiger partial charge < -0.3 is 5.11 Å². The van der Waals surface area contributed by atoms with Crippen LogP contribution in [0.5, 0.6) is 5.75 Å². The number of carbonyl (C=O) groups is 1. The van der Waals surface area contributed by atoms with Gasteiger partial charge in [0.1, 0.15) is 5.75 Å². The van der Waals surface area contributed by atoms with Crippen LogP contribution in [0, 0.1) is 0 Å². The largest absolute Gasteiger partial charge is 0.507 e. The Bertz CT molecular complexity index is 501. The number of rotatable bonds is 3. The second kappa shape index (κ2) is 4.49. The van der Waals surface area contributed by atoms with Crippen molar-refractivity contribution >= 4 is 17.6 Å². The van der Waals surface area contributed by atoms with Crippen LogP contribution >= 0.6 is 11.3 Å². The molecule has 2 nitrogen and oxygen atoms in total. The molecule has 1 aromatic heterocycles. The number of hydrogen-bond acceptors (Lipinski definition) is 3. The number of phenols is 1. The van der Waals surface area contributed by atoms with Crippen LogP contribution < -0.4 is 0 Å². The number of benzene rings is 1. The Kier molecular flexibility index (Phi) is 3.06. The molecule has 0 amide bonds. The first kappa shape index (κ1) is 10.9. The van der Waals surface area contributed by atoms with Crippen LogP contribution in [-0.4, -0.2) is 11.4 Å². The third-order valence-corrected chi connectivity index (χ3v) is 3.49. The number of aryl methyl sites for hydroxylation is 1. The predicted molar refractivity (Wildman–Crippen MR) is 66.2 cm³/mol. The lowest BCUT2D eigenvalue weighted by Gasteiger charge is -2.08. The molecule has 3 heteroatoms. The molecule has 16 heavy (non-hydrogen) atoms. The van der Waals surface area contributed by atoms with Crippen molar-refractivity contribution in [1.82, 2.24) is 0 Å². The maximum Gasteiger partial charge on any atom is 0.154 e. The minimum Gasteiger partial charge on any atom is -0.507 e. The monoisotopic (exact) mass is 232 g/mol. The van der Waals surface area contributed by atoms with Gasteiger partial charge >= 0.3 is 0 Å². The molecule has 1 aromatic carbocycles. The zero-order valence-electron chi connectivity index (χ0n) is 8.93. The minimum atomic E-state index is 0.114. The van der Waals surface area contributed by atoms with Gasteiger partial charge in [0.25, 0.3) is 0 Å². The second-order valence-corrected chi connectivity index (χ2v) is 4.43. The Balaban J connectivity index is 2.64. The van der Waals surface area contributed by atoms with Gasteiger partial charge in [-0.25, -0.2) is 0 Å². The Morgan fingerprint density at radius 3 is 2.75 bits per heavy atom. The molecule has 2 aromatic rings. The van der Waals surface area contributed by atoms with Crippen molar-refractivity contribution in [3.8, 4) is 16.2 Å². The topological polar surface area (TPSA) is 37.3 Å². The summed E-state index contributed by atoms with van der Waals surface area (Å²) in [5.41, 5.74) is 2.00. The van der Waals surface area contributed by atoms with Crippen LogP contribution in [-0.2, 0) is 6.42 Å². The fourth-order valence-electron chi connectivity index (χ4n) is 1.70. The average Bonchev–Trinajstić information content (AvgIpc) is 2.82. The highest BCUT2D eigenvalue weighted by molar-refractivity contribution is 7.13. The van der Waals surface area contributed by atoms with Crippen LogP contribution in [0.1, 0.15) is 22.8 Å². The van der Waals surface area contributed by atoms with Crippen molar-refractivity contribution in [1.29, 1.82) is 0 Å². The minimum absolute atomic E-state index is 0.114. The zero-order valence-corrected chi connectivity index (χ0v) is 9.75. The first-order valence-corrected chi connectivity index (χ1v) is 5.99. The molecule has 0 unspecified atom stereocenters. The van der Waals surface area contributed by atoms with Crippen molar-refractivity contribution in [3.05, 3.63) is 40.8 Å². The molecule has 0 saturated heterocycles. The van der Waals surface area contributed by atoms with E-state index in [1.807, 2.05) is 36.6 Å². The summed E-state index contributed by atoms with van der Waals surface area (Å²) in [7, 11) is 0. The summed E-state index contributed by atoms with van der Waals surface area (Å²) in [6.45, 7) is 1.95. The Morgan fingerprint density at radius 1 is 1.38 bits per heavy atom. The van der Waals surface area contributed by atoms with Gasteiger partial charge in [-0.3, -0.25) is 4.79 Å². The average molecular weight is 232 g/mol. The number of aromatic hydroxyl groups is 1. The maximum atomic E-state index is 11.1. The van der Waals surface area contributed by atoms with Gasteiger partial charge in [-0.15, -0.1) is 11.3 Å². The molecule has 0 saturated carbocycles. The van der Waals surface area contributed by atoms with E-state index in [0.29, 0.717) is 5.56 Å². The quantitative estimate of drug-likeness (QED) is 0.822. The predicted octanol–water partition coefficient (Wildman–Crippen LogP) is 3.50. The van der Waals surface area contributed by atoms with E-state index in [4.69, 9.17) is 0 Å². The molecule has 2 rings (SSSR count). The fraction of sp³-hybridized carbons (Fsp3) is 0.154. The van der Waals surface area contributed by atoms with Crippen molar-refractivity contribution < 1.29 is 9.90 Å². The lowest BCUT2D eigenvalue weighted by Crippen LogP contribution is -1.91. The van der Waals surface area contributed by atoms with Crippen LogP contribution in [0.3, 0.4) is 0 Å². The molecule has 0 spiro atoms. The third kappa shape index (κ3) is 1.74. The highest BCUT2D eigenvalue weighted by atomic mass is 32.1. The van der Waals surface area contributed by atoms with Crippen LogP contribution in [0.25, 0.3) is 10.4 Å². The van der Waals surface area contributed by atoms with E-state index in [-0.39, 0.29) is 5.75 Å². The lowest BCUT2D eigenvalue weighted by atomic mass is 10.0. The van der Waals surface area contributed by atoms with Crippen LogP contribution in [0.15, 0.2) is 29.6 Å². The molecule has 1 heterocycles. The molecule has 0 aliphatic carbocycles. The first-order valence-electron chi connectivity index (χ1n) is 5.11. The number of carbonyl (C=O) groups excluding carboxylic acids is 1. The summed E-state index contributed by atoms with van der Waals surface area (Å²) >= 11 is 1.56. The summed E-state index contributed by atoms with van der Waals surface area (Å²) < 4.78 is 0. The Hall–Kier alpha value is -1.61. The van der Waals surface area contributed by atoms with E-state index < -0.39 is 0 Å². The molecule has 0 aliphatic rings. The normalized spacial score (nSPS) is 10.3. The highest BCUT2D eigenvalue weighted by Gasteiger charge is 2.12. The van der Waals surface area contributed by atoms with Gasteiger partial charge in [0.05, 0.1) is 5.56 Å². The molecule has 0 aliphatic heterocycles. The summed E-state index contributed by atoms with van der Waals surface area (Å²) in [5.74, 6) is 0.114. The van der Waals surface area contributed by atoms with Gasteiger partial charge in [0.2, 0.25) is 0 Å². The van der Waals surface area contributed by atoms with Gasteiger partial charge in [0.15, 0.2) is 6.29 Å². The van der Waals surface area contributed by atoms with Crippen molar-refractivity contribution in [3.63, 3.8) is 0 Å². The lowest BCUT2D eigenvalue weighted by molar-refractivity contribution is 0.112. The maximum absolute atomic E-state index is 11.1. The second-order valence-electron chi connectivity index (χ2n) is 3.48. The molecular weight excluding hydrogens is 220 g/mol. The van der Waals surface area contributed by atoms with Crippen molar-refractivity contribution in [2.24, 2.45) is 0 Å².